The van der Waals surface area contributed by atoms with Gasteiger partial charge in [-0.1, -0.05) is 15.9 Å². The highest BCUT2D eigenvalue weighted by atomic mass is 79.9. The summed E-state index contributed by atoms with van der Waals surface area (Å²) >= 11 is 3.20. The Morgan fingerprint density at radius 2 is 2.25 bits per heavy atom. The van der Waals surface area contributed by atoms with Gasteiger partial charge in [-0.15, -0.1) is 0 Å². The van der Waals surface area contributed by atoms with Gasteiger partial charge in [-0.05, 0) is 18.2 Å². The van der Waals surface area contributed by atoms with Crippen molar-refractivity contribution >= 4 is 27.7 Å². The lowest BCUT2D eigenvalue weighted by Crippen LogP contribution is -2.12. The molecule has 0 aliphatic heterocycles. The molecular weight excluding hydrogens is 274 g/mol. The summed E-state index contributed by atoms with van der Waals surface area (Å²) in [5.74, 6) is 0.00737. The second-order valence-electron chi connectivity index (χ2n) is 3.09. The summed E-state index contributed by atoms with van der Waals surface area (Å²) < 4.78 is 0.711. The fraction of sp³-hybridized carbons (Fsp3) is 0. The number of phenols is 1. The third-order valence-electron chi connectivity index (χ3n) is 1.95. The molecule has 0 saturated carbocycles. The molecule has 0 atom stereocenters. The van der Waals surface area contributed by atoms with E-state index in [9.17, 15) is 9.90 Å². The van der Waals surface area contributed by atoms with Crippen LogP contribution in [-0.4, -0.2) is 21.2 Å². The van der Waals surface area contributed by atoms with Gasteiger partial charge in [-0.2, -0.15) is 5.10 Å². The van der Waals surface area contributed by atoms with E-state index in [0.717, 1.165) is 0 Å². The zero-order valence-corrected chi connectivity index (χ0v) is 9.65. The molecule has 1 heterocycles. The second kappa shape index (κ2) is 4.36. The summed E-state index contributed by atoms with van der Waals surface area (Å²) in [4.78, 5) is 11.7. The lowest BCUT2D eigenvalue weighted by atomic mass is 10.2. The summed E-state index contributed by atoms with van der Waals surface area (Å²) in [6.07, 6.45) is 1.52. The zero-order chi connectivity index (χ0) is 11.5. The predicted molar refractivity (Wildman–Crippen MR) is 62.3 cm³/mol. The average molecular weight is 282 g/mol. The van der Waals surface area contributed by atoms with E-state index in [1.165, 1.54) is 18.3 Å². The molecule has 0 aliphatic carbocycles. The Hall–Kier alpha value is -1.82. The molecule has 2 aromatic rings. The first-order valence-electron chi connectivity index (χ1n) is 4.46. The number of nitrogens with zero attached hydrogens (tertiary/aromatic N) is 1. The molecule has 16 heavy (non-hydrogen) atoms. The lowest BCUT2D eigenvalue weighted by molar-refractivity contribution is 0.102. The van der Waals surface area contributed by atoms with Crippen LogP contribution in [0.3, 0.4) is 0 Å². The molecule has 0 aliphatic rings. The molecule has 0 saturated heterocycles. The smallest absolute Gasteiger partial charge is 0.260 e. The topological polar surface area (TPSA) is 78.0 Å². The number of anilines is 1. The Bertz CT molecular complexity index is 511. The summed E-state index contributed by atoms with van der Waals surface area (Å²) in [6.45, 7) is 0. The van der Waals surface area contributed by atoms with Crippen LogP contribution < -0.4 is 5.32 Å². The standard InChI is InChI=1S/C10H8BrN3O2/c11-6-1-2-7(8(15)5-6)10(16)13-9-3-4-12-14-9/h1-5,15H,(H2,12,13,14,16). The van der Waals surface area contributed by atoms with E-state index in [4.69, 9.17) is 0 Å². The zero-order valence-electron chi connectivity index (χ0n) is 8.07. The van der Waals surface area contributed by atoms with Gasteiger partial charge >= 0.3 is 0 Å². The highest BCUT2D eigenvalue weighted by molar-refractivity contribution is 9.10. The van der Waals surface area contributed by atoms with E-state index in [2.05, 4.69) is 31.4 Å². The lowest BCUT2D eigenvalue weighted by Gasteiger charge is -2.04. The van der Waals surface area contributed by atoms with Crippen molar-refractivity contribution in [3.05, 3.63) is 40.5 Å². The number of carbonyl (C=O) groups is 1. The fourth-order valence-corrected chi connectivity index (χ4v) is 1.56. The van der Waals surface area contributed by atoms with Gasteiger partial charge in [0, 0.05) is 10.5 Å². The number of hydrogen-bond donors (Lipinski definition) is 3. The maximum Gasteiger partial charge on any atom is 0.260 e. The van der Waals surface area contributed by atoms with Gasteiger partial charge in [0.05, 0.1) is 11.8 Å². The number of benzene rings is 1. The Labute approximate surface area is 99.6 Å². The maximum absolute atomic E-state index is 11.7. The first kappa shape index (κ1) is 10.7. The number of carbonyl (C=O) groups excluding carboxylic acids is 1. The molecule has 6 heteroatoms. The quantitative estimate of drug-likeness (QED) is 0.789. The van der Waals surface area contributed by atoms with Crippen molar-refractivity contribution in [3.63, 3.8) is 0 Å². The van der Waals surface area contributed by atoms with Gasteiger partial charge < -0.3 is 10.4 Å². The van der Waals surface area contributed by atoms with Crippen LogP contribution in [0.25, 0.3) is 0 Å². The van der Waals surface area contributed by atoms with Crippen LogP contribution >= 0.6 is 15.9 Å². The largest absolute Gasteiger partial charge is 0.507 e. The van der Waals surface area contributed by atoms with Gasteiger partial charge in [0.25, 0.3) is 5.91 Å². The number of aromatic amines is 1. The Morgan fingerprint density at radius 3 is 2.88 bits per heavy atom. The number of amides is 1. The molecule has 1 aromatic carbocycles. The number of halogens is 1. The van der Waals surface area contributed by atoms with E-state index < -0.39 is 5.91 Å². The molecule has 0 bridgehead atoms. The van der Waals surface area contributed by atoms with Crippen molar-refractivity contribution < 1.29 is 9.90 Å². The minimum atomic E-state index is -0.394. The molecule has 82 valence electrons. The molecule has 0 radical (unpaired) electrons. The van der Waals surface area contributed by atoms with Gasteiger partial charge in [0.2, 0.25) is 0 Å². The highest BCUT2D eigenvalue weighted by Crippen LogP contribution is 2.22. The van der Waals surface area contributed by atoms with Crippen molar-refractivity contribution in [3.8, 4) is 5.75 Å². The summed E-state index contributed by atoms with van der Waals surface area (Å²) in [5, 5.41) is 18.4. The number of aromatic nitrogens is 2. The average Bonchev–Trinajstić information content (AvgIpc) is 2.70. The second-order valence-corrected chi connectivity index (χ2v) is 4.00. The van der Waals surface area contributed by atoms with Crippen LogP contribution in [0.15, 0.2) is 34.9 Å². The van der Waals surface area contributed by atoms with Crippen LogP contribution in [0, 0.1) is 0 Å². The van der Waals surface area contributed by atoms with E-state index in [0.29, 0.717) is 10.3 Å². The van der Waals surface area contributed by atoms with Gasteiger partial charge in [0.15, 0.2) is 0 Å². The highest BCUT2D eigenvalue weighted by Gasteiger charge is 2.11. The SMILES string of the molecule is O=C(Nc1ccn[nH]1)c1ccc(Br)cc1O. The summed E-state index contributed by atoms with van der Waals surface area (Å²) in [7, 11) is 0. The monoisotopic (exact) mass is 281 g/mol. The van der Waals surface area contributed by atoms with Crippen LogP contribution in [0.5, 0.6) is 5.75 Å². The van der Waals surface area contributed by atoms with Crippen LogP contribution in [0.1, 0.15) is 10.4 Å². The van der Waals surface area contributed by atoms with E-state index in [1.54, 1.807) is 12.1 Å². The Morgan fingerprint density at radius 1 is 1.44 bits per heavy atom. The van der Waals surface area contributed by atoms with Gasteiger partial charge in [-0.3, -0.25) is 9.89 Å². The molecular formula is C10H8BrN3O2. The van der Waals surface area contributed by atoms with Crippen molar-refractivity contribution in [2.75, 3.05) is 5.32 Å². The Kier molecular flexibility index (Phi) is 2.91. The van der Waals surface area contributed by atoms with Crippen molar-refractivity contribution in [2.24, 2.45) is 0 Å². The number of phenolic OH excluding ortho intramolecular Hbond substituents is 1. The molecule has 5 nitrogen and oxygen atoms in total. The van der Waals surface area contributed by atoms with Crippen LogP contribution in [-0.2, 0) is 0 Å². The molecule has 0 fully saturated rings. The molecule has 0 unspecified atom stereocenters. The summed E-state index contributed by atoms with van der Waals surface area (Å²) in [6, 6.07) is 6.29. The van der Waals surface area contributed by atoms with Crippen LogP contribution in [0.4, 0.5) is 5.82 Å². The number of rotatable bonds is 2. The first-order chi connectivity index (χ1) is 7.66. The third kappa shape index (κ3) is 2.22. The number of aromatic hydroxyl groups is 1. The normalized spacial score (nSPS) is 10.1. The Balaban J connectivity index is 2.21. The number of H-pyrrole nitrogens is 1. The minimum Gasteiger partial charge on any atom is -0.507 e. The van der Waals surface area contributed by atoms with Crippen molar-refractivity contribution in [2.45, 2.75) is 0 Å². The van der Waals surface area contributed by atoms with Crippen LogP contribution in [0.2, 0.25) is 0 Å². The first-order valence-corrected chi connectivity index (χ1v) is 5.25. The minimum absolute atomic E-state index is 0.0774. The molecule has 1 aromatic heterocycles. The number of nitrogens with one attached hydrogen (secondary N) is 2. The van der Waals surface area contributed by atoms with Crippen molar-refractivity contribution in [1.82, 2.24) is 10.2 Å². The van der Waals surface area contributed by atoms with Crippen molar-refractivity contribution in [1.29, 1.82) is 0 Å². The molecule has 2 rings (SSSR count). The molecule has 1 amide bonds. The van der Waals surface area contributed by atoms with Gasteiger partial charge in [0.1, 0.15) is 11.6 Å². The van der Waals surface area contributed by atoms with E-state index in [-0.39, 0.29) is 11.3 Å². The predicted octanol–water partition coefficient (Wildman–Crippen LogP) is 2.13. The van der Waals surface area contributed by atoms with E-state index in [1.807, 2.05) is 0 Å². The molecule has 0 spiro atoms. The number of hydrogen-bond acceptors (Lipinski definition) is 3. The fourth-order valence-electron chi connectivity index (χ4n) is 1.21. The third-order valence-corrected chi connectivity index (χ3v) is 2.45. The maximum atomic E-state index is 11.7. The summed E-state index contributed by atoms with van der Waals surface area (Å²) in [5.41, 5.74) is 0.206. The van der Waals surface area contributed by atoms with E-state index >= 15 is 0 Å². The molecule has 3 N–H and O–H groups in total. The van der Waals surface area contributed by atoms with Gasteiger partial charge in [-0.25, -0.2) is 0 Å².